The van der Waals surface area contributed by atoms with E-state index in [2.05, 4.69) is 11.2 Å². The Hall–Kier alpha value is -1.63. The summed E-state index contributed by atoms with van der Waals surface area (Å²) in [7, 11) is 1.84. The summed E-state index contributed by atoms with van der Waals surface area (Å²) in [5.41, 5.74) is -0.414. The molecule has 1 saturated carbocycles. The fourth-order valence-corrected chi connectivity index (χ4v) is 2.58. The molecule has 1 aromatic rings. The minimum absolute atomic E-state index is 0.0677. The van der Waals surface area contributed by atoms with Gasteiger partial charge in [0, 0.05) is 25.1 Å². The van der Waals surface area contributed by atoms with Crippen LogP contribution in [0, 0.1) is 22.2 Å². The third kappa shape index (κ3) is 1.86. The second-order valence-corrected chi connectivity index (χ2v) is 5.56. The van der Waals surface area contributed by atoms with Gasteiger partial charge in [0.25, 0.3) is 0 Å². The van der Waals surface area contributed by atoms with E-state index in [9.17, 15) is 10.1 Å². The number of nitrogens with zero attached hydrogens (tertiary/aromatic N) is 3. The number of carbonyl (C=O) groups is 1. The van der Waals surface area contributed by atoms with Crippen LogP contribution in [-0.2, 0) is 18.3 Å². The van der Waals surface area contributed by atoms with Crippen molar-refractivity contribution in [3.8, 4) is 6.07 Å². The zero-order valence-electron chi connectivity index (χ0n) is 10.5. The minimum Gasteiger partial charge on any atom is -0.297 e. The Morgan fingerprint density at radius 3 is 2.65 bits per heavy atom. The Morgan fingerprint density at radius 1 is 1.53 bits per heavy atom. The van der Waals surface area contributed by atoms with E-state index in [4.69, 9.17) is 0 Å². The summed E-state index contributed by atoms with van der Waals surface area (Å²) in [6.45, 7) is 3.85. The highest BCUT2D eigenvalue weighted by atomic mass is 16.1. The molecule has 90 valence electrons. The summed E-state index contributed by atoms with van der Waals surface area (Å²) in [5.74, 6) is 0.0677. The van der Waals surface area contributed by atoms with Gasteiger partial charge in [-0.25, -0.2) is 0 Å². The molecule has 0 bridgehead atoms. The molecule has 4 nitrogen and oxygen atoms in total. The molecule has 0 aromatic carbocycles. The monoisotopic (exact) mass is 231 g/mol. The van der Waals surface area contributed by atoms with Crippen LogP contribution in [-0.4, -0.2) is 15.6 Å². The van der Waals surface area contributed by atoms with Gasteiger partial charge in [-0.1, -0.05) is 13.8 Å². The molecule has 1 aromatic heterocycles. The van der Waals surface area contributed by atoms with Crippen LogP contribution in [0.1, 0.15) is 32.4 Å². The number of rotatable bonds is 2. The summed E-state index contributed by atoms with van der Waals surface area (Å²) in [4.78, 5) is 12.3. The third-order valence-corrected chi connectivity index (χ3v) is 3.69. The molecule has 0 amide bonds. The number of Topliss-reactive ketones (excluding diaryl/α,β-unsaturated/α-hetero) is 1. The SMILES string of the molecule is Cn1ccc(CC2(C#N)CCC(C)(C)C2=O)n1. The lowest BCUT2D eigenvalue weighted by molar-refractivity contribution is -0.130. The number of aromatic nitrogens is 2. The maximum atomic E-state index is 12.3. The van der Waals surface area contributed by atoms with Crippen molar-refractivity contribution in [1.82, 2.24) is 9.78 Å². The number of nitriles is 1. The topological polar surface area (TPSA) is 58.7 Å². The smallest absolute Gasteiger partial charge is 0.159 e. The lowest BCUT2D eigenvalue weighted by Gasteiger charge is -2.21. The second-order valence-electron chi connectivity index (χ2n) is 5.56. The van der Waals surface area contributed by atoms with Gasteiger partial charge in [-0.05, 0) is 18.9 Å². The van der Waals surface area contributed by atoms with Crippen LogP contribution < -0.4 is 0 Å². The molecule has 0 N–H and O–H groups in total. The van der Waals surface area contributed by atoms with E-state index in [1.54, 1.807) is 4.68 Å². The van der Waals surface area contributed by atoms with Gasteiger partial charge >= 0.3 is 0 Å². The summed E-state index contributed by atoms with van der Waals surface area (Å²) < 4.78 is 1.70. The van der Waals surface area contributed by atoms with E-state index in [1.165, 1.54) is 0 Å². The van der Waals surface area contributed by atoms with Gasteiger partial charge in [0.05, 0.1) is 11.8 Å². The molecule has 2 rings (SSSR count). The van der Waals surface area contributed by atoms with E-state index in [-0.39, 0.29) is 11.2 Å². The first kappa shape index (κ1) is 11.8. The lowest BCUT2D eigenvalue weighted by Crippen LogP contribution is -2.33. The molecular formula is C13H17N3O. The zero-order valence-corrected chi connectivity index (χ0v) is 10.5. The van der Waals surface area contributed by atoms with Crippen LogP contribution >= 0.6 is 0 Å². The standard InChI is InChI=1S/C13H17N3O/c1-12(2)5-6-13(9-14,11(12)17)8-10-4-7-16(3)15-10/h4,7H,5-6,8H2,1-3H3. The van der Waals surface area contributed by atoms with E-state index in [1.807, 2.05) is 33.2 Å². The molecule has 1 fully saturated rings. The van der Waals surface area contributed by atoms with E-state index in [0.29, 0.717) is 12.8 Å². The van der Waals surface area contributed by atoms with Crippen molar-refractivity contribution in [2.75, 3.05) is 0 Å². The van der Waals surface area contributed by atoms with Crippen LogP contribution in [0.25, 0.3) is 0 Å². The number of carbonyl (C=O) groups excluding carboxylic acids is 1. The fourth-order valence-electron chi connectivity index (χ4n) is 2.58. The van der Waals surface area contributed by atoms with Crippen LogP contribution in [0.4, 0.5) is 0 Å². The first-order valence-corrected chi connectivity index (χ1v) is 5.84. The fraction of sp³-hybridized carbons (Fsp3) is 0.615. The first-order valence-electron chi connectivity index (χ1n) is 5.84. The molecule has 17 heavy (non-hydrogen) atoms. The molecule has 1 unspecified atom stereocenters. The molecule has 0 radical (unpaired) electrons. The van der Waals surface area contributed by atoms with Gasteiger partial charge < -0.3 is 0 Å². The quantitative estimate of drug-likeness (QED) is 0.780. The predicted molar refractivity (Wildman–Crippen MR) is 63.0 cm³/mol. The van der Waals surface area contributed by atoms with Crippen molar-refractivity contribution in [1.29, 1.82) is 5.26 Å². The zero-order chi connectivity index (χ0) is 12.7. The summed E-state index contributed by atoms with van der Waals surface area (Å²) in [6.07, 6.45) is 3.70. The van der Waals surface area contributed by atoms with Crippen molar-refractivity contribution in [3.05, 3.63) is 18.0 Å². The average molecular weight is 231 g/mol. The van der Waals surface area contributed by atoms with Crippen LogP contribution in [0.2, 0.25) is 0 Å². The average Bonchev–Trinajstić information content (AvgIpc) is 2.77. The molecule has 0 aliphatic heterocycles. The Balaban J connectivity index is 2.29. The molecular weight excluding hydrogens is 214 g/mol. The van der Waals surface area contributed by atoms with E-state index >= 15 is 0 Å². The van der Waals surface area contributed by atoms with Crippen molar-refractivity contribution in [2.24, 2.45) is 17.9 Å². The van der Waals surface area contributed by atoms with Crippen molar-refractivity contribution in [3.63, 3.8) is 0 Å². The van der Waals surface area contributed by atoms with E-state index in [0.717, 1.165) is 12.1 Å². The van der Waals surface area contributed by atoms with Gasteiger partial charge in [0.15, 0.2) is 5.78 Å². The molecule has 0 saturated heterocycles. The summed E-state index contributed by atoms with van der Waals surface area (Å²) in [6, 6.07) is 4.11. The second kappa shape index (κ2) is 3.69. The van der Waals surface area contributed by atoms with Crippen LogP contribution in [0.15, 0.2) is 12.3 Å². The highest BCUT2D eigenvalue weighted by Gasteiger charge is 2.52. The Bertz CT molecular complexity index is 495. The maximum absolute atomic E-state index is 12.3. The number of hydrogen-bond acceptors (Lipinski definition) is 3. The predicted octanol–water partition coefficient (Wildman–Crippen LogP) is 1.86. The number of hydrogen-bond donors (Lipinski definition) is 0. The van der Waals surface area contributed by atoms with Crippen molar-refractivity contribution < 1.29 is 4.79 Å². The highest BCUT2D eigenvalue weighted by molar-refractivity contribution is 5.94. The van der Waals surface area contributed by atoms with Crippen LogP contribution in [0.3, 0.4) is 0 Å². The Labute approximate surface area is 101 Å². The molecule has 4 heteroatoms. The molecule has 1 aliphatic carbocycles. The van der Waals surface area contributed by atoms with Gasteiger partial charge in [0.2, 0.25) is 0 Å². The number of ketones is 1. The van der Waals surface area contributed by atoms with Crippen molar-refractivity contribution in [2.45, 2.75) is 33.1 Å². The summed E-state index contributed by atoms with van der Waals surface area (Å²) >= 11 is 0. The summed E-state index contributed by atoms with van der Waals surface area (Å²) in [5, 5.41) is 13.6. The number of aryl methyl sites for hydroxylation is 1. The Kier molecular flexibility index (Phi) is 2.57. The maximum Gasteiger partial charge on any atom is 0.159 e. The normalized spacial score (nSPS) is 27.1. The molecule has 1 atom stereocenters. The lowest BCUT2D eigenvalue weighted by atomic mass is 9.78. The third-order valence-electron chi connectivity index (χ3n) is 3.69. The molecule has 1 heterocycles. The van der Waals surface area contributed by atoms with Gasteiger partial charge in [-0.3, -0.25) is 9.48 Å². The van der Waals surface area contributed by atoms with Gasteiger partial charge in [-0.2, -0.15) is 10.4 Å². The molecule has 1 aliphatic rings. The molecule has 0 spiro atoms. The van der Waals surface area contributed by atoms with Crippen molar-refractivity contribution >= 4 is 5.78 Å². The van der Waals surface area contributed by atoms with Gasteiger partial charge in [0.1, 0.15) is 5.41 Å². The Morgan fingerprint density at radius 2 is 2.24 bits per heavy atom. The highest BCUT2D eigenvalue weighted by Crippen LogP contribution is 2.47. The first-order chi connectivity index (χ1) is 7.89. The van der Waals surface area contributed by atoms with E-state index < -0.39 is 5.41 Å². The van der Waals surface area contributed by atoms with Gasteiger partial charge in [-0.15, -0.1) is 0 Å². The largest absolute Gasteiger partial charge is 0.297 e. The van der Waals surface area contributed by atoms with Crippen LogP contribution in [0.5, 0.6) is 0 Å². The minimum atomic E-state index is -0.863.